The molecule has 0 radical (unpaired) electrons. The van der Waals surface area contributed by atoms with Crippen LogP contribution in [0.2, 0.25) is 22.0 Å². The number of alkyl halides is 3. The van der Waals surface area contributed by atoms with Crippen LogP contribution in [0, 0.1) is 0 Å². The molecular weight excluding hydrogens is 295 g/mol. The first-order valence-corrected chi connectivity index (χ1v) is 12.6. The Balaban J connectivity index is 4.61. The number of aliphatic hydroxyl groups excluding tert-OH is 2. The minimum atomic E-state index is -2.20. The Bertz CT molecular complexity index is 164. The van der Waals surface area contributed by atoms with E-state index in [1.54, 1.807) is 0 Å². The van der Waals surface area contributed by atoms with E-state index in [2.05, 4.69) is 17.3 Å². The molecule has 0 aromatic carbocycles. The van der Waals surface area contributed by atoms with Crippen molar-refractivity contribution in [1.29, 1.82) is 0 Å². The Morgan fingerprint density at radius 2 is 1.62 bits per heavy atom. The third-order valence-corrected chi connectivity index (χ3v) is 8.41. The Morgan fingerprint density at radius 3 is 1.69 bits per heavy atom. The predicted molar refractivity (Wildman–Crippen MR) is 60.5 cm³/mol. The molecule has 0 aromatic heterocycles. The molecule has 6 heteroatoms. The average Bonchev–Trinajstić information content (AvgIpc) is 1.83. The van der Waals surface area contributed by atoms with E-state index < -0.39 is 23.2 Å². The van der Waals surface area contributed by atoms with Crippen molar-refractivity contribution in [2.24, 2.45) is 0 Å². The van der Waals surface area contributed by atoms with Gasteiger partial charge < -0.3 is 0 Å². The second-order valence-electron chi connectivity index (χ2n) is 4.14. The van der Waals surface area contributed by atoms with Gasteiger partial charge in [0.2, 0.25) is 0 Å². The Morgan fingerprint density at radius 1 is 1.23 bits per heavy atom. The van der Waals surface area contributed by atoms with Gasteiger partial charge in [0.05, 0.1) is 0 Å². The molecule has 80 valence electrons. The van der Waals surface area contributed by atoms with Crippen LogP contribution in [-0.4, -0.2) is 40.0 Å². The van der Waals surface area contributed by atoms with Gasteiger partial charge in [-0.3, -0.25) is 0 Å². The maximum absolute atomic E-state index is 9.67. The molecule has 0 rings (SSSR count). The van der Waals surface area contributed by atoms with Gasteiger partial charge in [-0.2, -0.15) is 0 Å². The normalized spacial score (nSPS) is 18.5. The quantitative estimate of drug-likeness (QED) is 0.621. The zero-order chi connectivity index (χ0) is 10.9. The van der Waals surface area contributed by atoms with Gasteiger partial charge in [-0.1, -0.05) is 0 Å². The molecule has 0 aliphatic heterocycles. The van der Waals surface area contributed by atoms with Crippen molar-refractivity contribution in [1.82, 2.24) is 0 Å². The molecule has 0 aliphatic carbocycles. The molecule has 13 heavy (non-hydrogen) atoms. The van der Waals surface area contributed by atoms with Crippen LogP contribution in [0.4, 0.5) is 0 Å². The third kappa shape index (κ3) is 4.58. The minimum absolute atomic E-state index is 0.126. The van der Waals surface area contributed by atoms with E-state index >= 15 is 0 Å². The van der Waals surface area contributed by atoms with Gasteiger partial charge in [0.25, 0.3) is 0 Å². The van der Waals surface area contributed by atoms with Crippen LogP contribution in [0.5, 0.6) is 0 Å². The zero-order valence-corrected chi connectivity index (χ0v) is 12.3. The van der Waals surface area contributed by atoms with E-state index in [0.717, 1.165) is 0 Å². The molecule has 0 saturated heterocycles. The number of halogens is 3. The van der Waals surface area contributed by atoms with Gasteiger partial charge in [-0.15, -0.1) is 0 Å². The van der Waals surface area contributed by atoms with Gasteiger partial charge in [0.15, 0.2) is 0 Å². The van der Waals surface area contributed by atoms with Crippen molar-refractivity contribution >= 4 is 48.1 Å². The standard InChI is InChI=1S/C7H15Cl3GeO2/c1-11(2,3)5(4-12)6(13)7(8,9)10/h5-6,12-13H,4H2,1-3H3. The first-order valence-electron chi connectivity index (χ1n) is 3.96. The second-order valence-corrected chi connectivity index (χ2v) is 18.0. The Hall–Kier alpha value is 1.33. The van der Waals surface area contributed by atoms with Gasteiger partial charge in [0.1, 0.15) is 0 Å². The van der Waals surface area contributed by atoms with E-state index in [4.69, 9.17) is 39.9 Å². The van der Waals surface area contributed by atoms with E-state index in [9.17, 15) is 5.11 Å². The summed E-state index contributed by atoms with van der Waals surface area (Å²) < 4.78 is -1.97. The summed E-state index contributed by atoms with van der Waals surface area (Å²) in [6, 6.07) is 0. The number of rotatable bonds is 3. The van der Waals surface area contributed by atoms with Gasteiger partial charge in [-0.25, -0.2) is 0 Å². The summed E-state index contributed by atoms with van der Waals surface area (Å²) in [7, 11) is 0. The summed E-state index contributed by atoms with van der Waals surface area (Å²) >= 11 is 14.5. The molecule has 0 aliphatic rings. The van der Waals surface area contributed by atoms with Crippen LogP contribution < -0.4 is 0 Å². The van der Waals surface area contributed by atoms with E-state index in [-0.39, 0.29) is 11.4 Å². The monoisotopic (exact) mass is 310 g/mol. The number of hydrogen-bond acceptors (Lipinski definition) is 2. The number of hydrogen-bond donors (Lipinski definition) is 2. The predicted octanol–water partition coefficient (Wildman–Crippen LogP) is 2.42. The third-order valence-electron chi connectivity index (χ3n) is 2.03. The summed E-state index contributed by atoms with van der Waals surface area (Å²) in [4.78, 5) is 0. The topological polar surface area (TPSA) is 40.5 Å². The average molecular weight is 310 g/mol. The fourth-order valence-electron chi connectivity index (χ4n) is 1.08. The molecule has 0 amide bonds. The van der Waals surface area contributed by atoms with Gasteiger partial charge in [-0.05, 0) is 0 Å². The summed E-state index contributed by atoms with van der Waals surface area (Å²) in [6.45, 7) is -0.126. The molecule has 2 nitrogen and oxygen atoms in total. The molecule has 0 fully saturated rings. The van der Waals surface area contributed by atoms with E-state index in [0.29, 0.717) is 0 Å². The van der Waals surface area contributed by atoms with Crippen molar-refractivity contribution in [2.75, 3.05) is 6.61 Å². The SMILES string of the molecule is [CH3][Ge]([CH3])([CH3])[CH](CO)C(O)C(Cl)(Cl)Cl. The summed E-state index contributed by atoms with van der Waals surface area (Å²) in [5, 5.41) is 18.8. The molecule has 0 heterocycles. The Kier molecular flexibility index (Phi) is 5.41. The molecule has 0 saturated carbocycles. The summed E-state index contributed by atoms with van der Waals surface area (Å²) in [6.07, 6.45) is -1.08. The zero-order valence-electron chi connectivity index (χ0n) is 7.89. The molecular formula is C7H15Cl3GeO2. The summed E-state index contributed by atoms with van der Waals surface area (Å²) in [5.74, 6) is 6.17. The van der Waals surface area contributed by atoms with Crippen LogP contribution in [-0.2, 0) is 0 Å². The van der Waals surface area contributed by atoms with Crippen LogP contribution in [0.1, 0.15) is 0 Å². The Labute approximate surface area is 96.5 Å². The van der Waals surface area contributed by atoms with Crippen LogP contribution >= 0.6 is 34.8 Å². The van der Waals surface area contributed by atoms with Crippen LogP contribution in [0.25, 0.3) is 0 Å². The van der Waals surface area contributed by atoms with Crippen molar-refractivity contribution in [2.45, 2.75) is 31.9 Å². The molecule has 0 aromatic rings. The van der Waals surface area contributed by atoms with Crippen molar-refractivity contribution in [3.05, 3.63) is 0 Å². The van der Waals surface area contributed by atoms with Gasteiger partial charge in [0, 0.05) is 0 Å². The molecule has 2 unspecified atom stereocenters. The maximum atomic E-state index is 9.67. The fraction of sp³-hybridized carbons (Fsp3) is 1.00. The van der Waals surface area contributed by atoms with Crippen molar-refractivity contribution < 1.29 is 10.2 Å². The molecule has 2 atom stereocenters. The van der Waals surface area contributed by atoms with E-state index in [1.807, 2.05) is 0 Å². The second kappa shape index (κ2) is 4.91. The molecule has 0 spiro atoms. The van der Waals surface area contributed by atoms with Crippen LogP contribution in [0.3, 0.4) is 0 Å². The summed E-state index contributed by atoms with van der Waals surface area (Å²) in [5.41, 5.74) is 0. The van der Waals surface area contributed by atoms with E-state index in [1.165, 1.54) is 0 Å². The molecule has 2 N–H and O–H groups in total. The first kappa shape index (κ1) is 14.3. The fourth-order valence-corrected chi connectivity index (χ4v) is 5.86. The van der Waals surface area contributed by atoms with Crippen molar-refractivity contribution in [3.63, 3.8) is 0 Å². The molecule has 0 bridgehead atoms. The van der Waals surface area contributed by atoms with Crippen LogP contribution in [0.15, 0.2) is 0 Å². The van der Waals surface area contributed by atoms with Crippen molar-refractivity contribution in [3.8, 4) is 0 Å². The number of aliphatic hydroxyl groups is 2. The first-order chi connectivity index (χ1) is 5.60. The van der Waals surface area contributed by atoms with Gasteiger partial charge >= 0.3 is 96.8 Å².